The van der Waals surface area contributed by atoms with E-state index in [1.807, 2.05) is 18.2 Å². The van der Waals surface area contributed by atoms with Crippen molar-refractivity contribution in [2.45, 2.75) is 38.6 Å². The maximum atomic E-state index is 6.53. The van der Waals surface area contributed by atoms with Gasteiger partial charge >= 0.3 is 0 Å². The molecule has 1 fully saturated rings. The molecule has 0 bridgehead atoms. The summed E-state index contributed by atoms with van der Waals surface area (Å²) in [6.45, 7) is 3.51. The molecule has 2 N–H and O–H groups in total. The van der Waals surface area contributed by atoms with E-state index in [4.69, 9.17) is 15.2 Å². The van der Waals surface area contributed by atoms with Crippen LogP contribution in [0.1, 0.15) is 44.2 Å². The van der Waals surface area contributed by atoms with Crippen LogP contribution in [-0.4, -0.2) is 20.3 Å². The van der Waals surface area contributed by atoms with E-state index < -0.39 is 0 Å². The lowest BCUT2D eigenvalue weighted by Crippen LogP contribution is -2.26. The highest BCUT2D eigenvalue weighted by Gasteiger charge is 2.26. The summed E-state index contributed by atoms with van der Waals surface area (Å²) in [5, 5.41) is 0. The molecule has 0 radical (unpaired) electrons. The predicted molar refractivity (Wildman–Crippen MR) is 81.9 cm³/mol. The molecule has 3 heteroatoms. The molecule has 2 rings (SSSR count). The van der Waals surface area contributed by atoms with Crippen LogP contribution in [-0.2, 0) is 4.74 Å². The molecule has 0 aromatic heterocycles. The topological polar surface area (TPSA) is 44.5 Å². The third-order valence-electron chi connectivity index (χ3n) is 4.31. The maximum Gasteiger partial charge on any atom is 0.124 e. The van der Waals surface area contributed by atoms with E-state index in [-0.39, 0.29) is 6.04 Å². The molecular weight excluding hydrogens is 250 g/mol. The minimum absolute atomic E-state index is 0.0801. The first-order valence-corrected chi connectivity index (χ1v) is 7.68. The average Bonchev–Trinajstić information content (AvgIpc) is 2.47. The van der Waals surface area contributed by atoms with Crippen molar-refractivity contribution in [3.8, 4) is 5.75 Å². The molecule has 1 aromatic rings. The van der Waals surface area contributed by atoms with E-state index in [1.54, 1.807) is 7.11 Å². The molecule has 3 nitrogen and oxygen atoms in total. The Morgan fingerprint density at radius 2 is 2.05 bits per heavy atom. The van der Waals surface area contributed by atoms with Crippen LogP contribution >= 0.6 is 0 Å². The van der Waals surface area contributed by atoms with Crippen molar-refractivity contribution in [3.63, 3.8) is 0 Å². The largest absolute Gasteiger partial charge is 0.491 e. The minimum atomic E-state index is 0.0801. The standard InChI is InChI=1S/C17H27NO2/c1-13-6-5-7-14(12-13)17(18)15-8-3-4-9-16(15)20-11-10-19-2/h3-4,8-9,13-14,17H,5-7,10-12,18H2,1-2H3. The van der Waals surface area contributed by atoms with Gasteiger partial charge in [0.05, 0.1) is 6.61 Å². The van der Waals surface area contributed by atoms with Gasteiger partial charge in [0.15, 0.2) is 0 Å². The molecule has 1 aliphatic rings. The molecule has 3 unspecified atom stereocenters. The normalized spacial score (nSPS) is 24.4. The van der Waals surface area contributed by atoms with Crippen molar-refractivity contribution in [2.75, 3.05) is 20.3 Å². The summed E-state index contributed by atoms with van der Waals surface area (Å²) in [5.41, 5.74) is 7.67. The van der Waals surface area contributed by atoms with Gasteiger partial charge in [0.2, 0.25) is 0 Å². The molecule has 0 aliphatic heterocycles. The van der Waals surface area contributed by atoms with Crippen LogP contribution in [0.3, 0.4) is 0 Å². The quantitative estimate of drug-likeness (QED) is 0.809. The number of rotatable bonds is 6. The van der Waals surface area contributed by atoms with Crippen LogP contribution < -0.4 is 10.5 Å². The Hall–Kier alpha value is -1.06. The molecule has 1 aliphatic carbocycles. The van der Waals surface area contributed by atoms with Gasteiger partial charge in [-0.25, -0.2) is 0 Å². The van der Waals surface area contributed by atoms with Gasteiger partial charge in [-0.05, 0) is 30.7 Å². The summed E-state index contributed by atoms with van der Waals surface area (Å²) < 4.78 is 10.8. The molecule has 1 saturated carbocycles. The Kier molecular flexibility index (Phi) is 5.86. The highest BCUT2D eigenvalue weighted by molar-refractivity contribution is 5.36. The molecule has 0 amide bonds. The summed E-state index contributed by atoms with van der Waals surface area (Å²) in [5.74, 6) is 2.28. The summed E-state index contributed by atoms with van der Waals surface area (Å²) in [6, 6.07) is 8.24. The van der Waals surface area contributed by atoms with Gasteiger partial charge in [0.1, 0.15) is 12.4 Å². The minimum Gasteiger partial charge on any atom is -0.491 e. The lowest BCUT2D eigenvalue weighted by atomic mass is 9.77. The Balaban J connectivity index is 2.06. The second kappa shape index (κ2) is 7.65. The molecule has 0 spiro atoms. The van der Waals surface area contributed by atoms with Gasteiger partial charge in [0.25, 0.3) is 0 Å². The Labute approximate surface area is 122 Å². The average molecular weight is 277 g/mol. The fourth-order valence-corrected chi connectivity index (χ4v) is 3.18. The Bertz CT molecular complexity index is 408. The molecule has 20 heavy (non-hydrogen) atoms. The van der Waals surface area contributed by atoms with Crippen LogP contribution in [0, 0.1) is 11.8 Å². The van der Waals surface area contributed by atoms with Gasteiger partial charge in [-0.3, -0.25) is 0 Å². The number of hydrogen-bond acceptors (Lipinski definition) is 3. The molecule has 0 heterocycles. The van der Waals surface area contributed by atoms with Crippen LogP contribution in [0.15, 0.2) is 24.3 Å². The van der Waals surface area contributed by atoms with E-state index in [0.29, 0.717) is 19.1 Å². The van der Waals surface area contributed by atoms with Crippen molar-refractivity contribution in [2.24, 2.45) is 17.6 Å². The summed E-state index contributed by atoms with van der Waals surface area (Å²) in [7, 11) is 1.68. The van der Waals surface area contributed by atoms with Crippen molar-refractivity contribution < 1.29 is 9.47 Å². The first-order valence-electron chi connectivity index (χ1n) is 7.68. The van der Waals surface area contributed by atoms with Crippen LogP contribution in [0.2, 0.25) is 0 Å². The number of ether oxygens (including phenoxy) is 2. The Morgan fingerprint density at radius 1 is 1.25 bits per heavy atom. The van der Waals surface area contributed by atoms with Crippen molar-refractivity contribution in [3.05, 3.63) is 29.8 Å². The number of hydrogen-bond donors (Lipinski definition) is 1. The Morgan fingerprint density at radius 3 is 2.80 bits per heavy atom. The molecule has 112 valence electrons. The fourth-order valence-electron chi connectivity index (χ4n) is 3.18. The van der Waals surface area contributed by atoms with Gasteiger partial charge in [-0.15, -0.1) is 0 Å². The zero-order valence-corrected chi connectivity index (χ0v) is 12.7. The van der Waals surface area contributed by atoms with E-state index >= 15 is 0 Å². The third kappa shape index (κ3) is 3.97. The number of para-hydroxylation sites is 1. The van der Waals surface area contributed by atoms with E-state index in [2.05, 4.69) is 13.0 Å². The smallest absolute Gasteiger partial charge is 0.124 e. The summed E-state index contributed by atoms with van der Waals surface area (Å²) in [6.07, 6.45) is 5.10. The lowest BCUT2D eigenvalue weighted by Gasteiger charge is -2.32. The van der Waals surface area contributed by atoms with E-state index in [9.17, 15) is 0 Å². The van der Waals surface area contributed by atoms with Gasteiger partial charge in [0, 0.05) is 18.7 Å². The fraction of sp³-hybridized carbons (Fsp3) is 0.647. The highest BCUT2D eigenvalue weighted by atomic mass is 16.5. The maximum absolute atomic E-state index is 6.53. The predicted octanol–water partition coefficient (Wildman–Crippen LogP) is 3.54. The number of nitrogens with two attached hydrogens (primary N) is 1. The zero-order valence-electron chi connectivity index (χ0n) is 12.7. The lowest BCUT2D eigenvalue weighted by molar-refractivity contribution is 0.144. The number of benzene rings is 1. The monoisotopic (exact) mass is 277 g/mol. The number of methoxy groups -OCH3 is 1. The summed E-state index contributed by atoms with van der Waals surface area (Å²) in [4.78, 5) is 0. The zero-order chi connectivity index (χ0) is 14.4. The van der Waals surface area contributed by atoms with Crippen LogP contribution in [0.25, 0.3) is 0 Å². The van der Waals surface area contributed by atoms with Gasteiger partial charge < -0.3 is 15.2 Å². The molecule has 1 aromatic carbocycles. The SMILES string of the molecule is COCCOc1ccccc1C(N)C1CCCC(C)C1. The highest BCUT2D eigenvalue weighted by Crippen LogP contribution is 2.38. The summed E-state index contributed by atoms with van der Waals surface area (Å²) >= 11 is 0. The van der Waals surface area contributed by atoms with Crippen molar-refractivity contribution in [1.82, 2.24) is 0 Å². The van der Waals surface area contributed by atoms with Crippen molar-refractivity contribution in [1.29, 1.82) is 0 Å². The first-order chi connectivity index (χ1) is 9.72. The first kappa shape index (κ1) is 15.3. The van der Waals surface area contributed by atoms with Crippen LogP contribution in [0.4, 0.5) is 0 Å². The third-order valence-corrected chi connectivity index (χ3v) is 4.31. The van der Waals surface area contributed by atoms with E-state index in [0.717, 1.165) is 17.2 Å². The van der Waals surface area contributed by atoms with Gasteiger partial charge in [-0.2, -0.15) is 0 Å². The van der Waals surface area contributed by atoms with Crippen LogP contribution in [0.5, 0.6) is 5.75 Å². The molecule has 0 saturated heterocycles. The second-order valence-corrected chi connectivity index (χ2v) is 5.94. The van der Waals surface area contributed by atoms with Crippen molar-refractivity contribution >= 4 is 0 Å². The second-order valence-electron chi connectivity index (χ2n) is 5.94. The molecule has 3 atom stereocenters. The van der Waals surface area contributed by atoms with Gasteiger partial charge in [-0.1, -0.05) is 38.0 Å². The molecular formula is C17H27NO2. The van der Waals surface area contributed by atoms with E-state index in [1.165, 1.54) is 25.7 Å².